The molecule has 0 unspecified atom stereocenters. The van der Waals surface area contributed by atoms with Gasteiger partial charge < -0.3 is 10.2 Å². The fourth-order valence-electron chi connectivity index (χ4n) is 2.32. The maximum Gasteiger partial charge on any atom is 0.236 e. The molecule has 1 aliphatic rings. The summed E-state index contributed by atoms with van der Waals surface area (Å²) in [5.41, 5.74) is 2.01. The predicted molar refractivity (Wildman–Crippen MR) is 75.8 cm³/mol. The number of nitriles is 2. The number of anilines is 2. The van der Waals surface area contributed by atoms with Crippen molar-refractivity contribution in [1.82, 2.24) is 0 Å². The minimum atomic E-state index is -0.525. The lowest BCUT2D eigenvalue weighted by atomic mass is 9.86. The zero-order valence-corrected chi connectivity index (χ0v) is 11.6. The topological polar surface area (TPSA) is 79.9 Å². The first-order valence-electron chi connectivity index (χ1n) is 6.11. The Kier molecular flexibility index (Phi) is 3.21. The Labute approximate surface area is 117 Å². The molecule has 20 heavy (non-hydrogen) atoms. The number of nitrogens with one attached hydrogen (secondary N) is 1. The molecule has 0 atom stereocenters. The smallest absolute Gasteiger partial charge is 0.236 e. The van der Waals surface area contributed by atoms with Gasteiger partial charge in [0.2, 0.25) is 5.91 Å². The second kappa shape index (κ2) is 4.71. The van der Waals surface area contributed by atoms with E-state index >= 15 is 0 Å². The SMILES string of the molecule is CN1C(=O)C(C)(C)c2ccc(NC=C(C#N)C#N)cc21. The van der Waals surface area contributed by atoms with Gasteiger partial charge in [-0.3, -0.25) is 4.79 Å². The van der Waals surface area contributed by atoms with Crippen molar-refractivity contribution >= 4 is 17.3 Å². The van der Waals surface area contributed by atoms with Crippen LogP contribution in [0, 0.1) is 22.7 Å². The molecule has 0 bridgehead atoms. The average molecular weight is 266 g/mol. The van der Waals surface area contributed by atoms with Crippen LogP contribution in [0.5, 0.6) is 0 Å². The van der Waals surface area contributed by atoms with E-state index in [-0.39, 0.29) is 11.5 Å². The first-order chi connectivity index (χ1) is 9.41. The summed E-state index contributed by atoms with van der Waals surface area (Å²) in [6.07, 6.45) is 1.35. The highest BCUT2D eigenvalue weighted by Gasteiger charge is 2.42. The summed E-state index contributed by atoms with van der Waals surface area (Å²) >= 11 is 0. The number of nitrogens with zero attached hydrogens (tertiary/aromatic N) is 3. The van der Waals surface area contributed by atoms with Gasteiger partial charge in [-0.1, -0.05) is 6.07 Å². The molecular formula is C15H14N4O. The third-order valence-corrected chi connectivity index (χ3v) is 3.50. The van der Waals surface area contributed by atoms with Gasteiger partial charge in [-0.2, -0.15) is 10.5 Å². The Bertz CT molecular complexity index is 673. The summed E-state index contributed by atoms with van der Waals surface area (Å²) < 4.78 is 0. The molecular weight excluding hydrogens is 252 g/mol. The number of carbonyl (C=O) groups excluding carboxylic acids is 1. The van der Waals surface area contributed by atoms with Crippen LogP contribution in [0.25, 0.3) is 0 Å². The molecule has 0 fully saturated rings. The first kappa shape index (κ1) is 13.6. The van der Waals surface area contributed by atoms with Crippen LogP contribution >= 0.6 is 0 Å². The van der Waals surface area contributed by atoms with Crippen LogP contribution < -0.4 is 10.2 Å². The molecule has 1 aliphatic heterocycles. The normalized spacial score (nSPS) is 15.1. The van der Waals surface area contributed by atoms with Crippen molar-refractivity contribution in [3.8, 4) is 12.1 Å². The number of hydrogen-bond donors (Lipinski definition) is 1. The summed E-state index contributed by atoms with van der Waals surface area (Å²) in [4.78, 5) is 13.8. The van der Waals surface area contributed by atoms with E-state index in [0.717, 1.165) is 16.9 Å². The van der Waals surface area contributed by atoms with Crippen molar-refractivity contribution in [3.05, 3.63) is 35.5 Å². The van der Waals surface area contributed by atoms with E-state index in [1.807, 2.05) is 32.0 Å². The van der Waals surface area contributed by atoms with Crippen LogP contribution in [0.3, 0.4) is 0 Å². The van der Waals surface area contributed by atoms with Crippen LogP contribution in [0.1, 0.15) is 19.4 Å². The van der Waals surface area contributed by atoms with E-state index in [1.165, 1.54) is 6.20 Å². The average Bonchev–Trinajstić information content (AvgIpc) is 2.61. The number of hydrogen-bond acceptors (Lipinski definition) is 4. The molecule has 5 nitrogen and oxygen atoms in total. The van der Waals surface area contributed by atoms with Gasteiger partial charge in [0.15, 0.2) is 0 Å². The summed E-state index contributed by atoms with van der Waals surface area (Å²) in [7, 11) is 1.74. The Balaban J connectivity index is 2.37. The largest absolute Gasteiger partial charge is 0.360 e. The minimum absolute atomic E-state index is 0.00439. The molecule has 1 heterocycles. The molecule has 1 N–H and O–H groups in total. The van der Waals surface area contributed by atoms with Crippen LogP contribution in [0.15, 0.2) is 30.0 Å². The number of carbonyl (C=O) groups is 1. The molecule has 1 amide bonds. The standard InChI is InChI=1S/C15H14N4O/c1-15(2)12-5-4-11(18-9-10(7-16)8-17)6-13(12)19(3)14(15)20/h4-6,9,18H,1-3H3. The summed E-state index contributed by atoms with van der Waals surface area (Å²) in [5.74, 6) is 0.0509. The summed E-state index contributed by atoms with van der Waals surface area (Å²) in [6, 6.07) is 9.11. The predicted octanol–water partition coefficient (Wildman–Crippen LogP) is 2.28. The molecule has 0 aliphatic carbocycles. The number of rotatable bonds is 2. The zero-order chi connectivity index (χ0) is 14.9. The third-order valence-electron chi connectivity index (χ3n) is 3.50. The number of benzene rings is 1. The Morgan fingerprint density at radius 2 is 2.00 bits per heavy atom. The van der Waals surface area contributed by atoms with Crippen molar-refractivity contribution in [1.29, 1.82) is 10.5 Å². The van der Waals surface area contributed by atoms with Crippen molar-refractivity contribution in [3.63, 3.8) is 0 Å². The number of likely N-dealkylation sites (N-methyl/N-ethyl adjacent to an activating group) is 1. The van der Waals surface area contributed by atoms with Crippen molar-refractivity contribution in [2.24, 2.45) is 0 Å². The van der Waals surface area contributed by atoms with Crippen LogP contribution in [-0.4, -0.2) is 13.0 Å². The van der Waals surface area contributed by atoms with E-state index in [1.54, 1.807) is 24.1 Å². The molecule has 0 radical (unpaired) electrons. The third kappa shape index (κ3) is 2.00. The molecule has 100 valence electrons. The van der Waals surface area contributed by atoms with E-state index in [9.17, 15) is 4.79 Å². The molecule has 0 saturated heterocycles. The van der Waals surface area contributed by atoms with Crippen molar-refractivity contribution < 1.29 is 4.79 Å². The maximum absolute atomic E-state index is 12.2. The lowest BCUT2D eigenvalue weighted by molar-refractivity contribution is -0.121. The second-order valence-electron chi connectivity index (χ2n) is 5.15. The Morgan fingerprint density at radius 3 is 2.60 bits per heavy atom. The Hall–Kier alpha value is -2.79. The molecule has 1 aromatic carbocycles. The van der Waals surface area contributed by atoms with Gasteiger partial charge in [0.25, 0.3) is 0 Å². The summed E-state index contributed by atoms with van der Waals surface area (Å²) in [5, 5.41) is 20.2. The van der Waals surface area contributed by atoms with Crippen LogP contribution in [-0.2, 0) is 10.2 Å². The molecule has 1 aromatic rings. The summed E-state index contributed by atoms with van der Waals surface area (Å²) in [6.45, 7) is 3.79. The lowest BCUT2D eigenvalue weighted by Crippen LogP contribution is -2.33. The van der Waals surface area contributed by atoms with Crippen molar-refractivity contribution in [2.45, 2.75) is 19.3 Å². The van der Waals surface area contributed by atoms with Gasteiger partial charge in [-0.05, 0) is 31.5 Å². The lowest BCUT2D eigenvalue weighted by Gasteiger charge is -2.16. The Morgan fingerprint density at radius 1 is 1.35 bits per heavy atom. The zero-order valence-electron chi connectivity index (χ0n) is 11.6. The van der Waals surface area contributed by atoms with E-state index in [4.69, 9.17) is 10.5 Å². The van der Waals surface area contributed by atoms with Gasteiger partial charge in [0, 0.05) is 24.6 Å². The highest BCUT2D eigenvalue weighted by molar-refractivity contribution is 6.07. The quantitative estimate of drug-likeness (QED) is 0.833. The van der Waals surface area contributed by atoms with E-state index in [0.29, 0.717) is 0 Å². The molecule has 0 spiro atoms. The molecule has 0 saturated carbocycles. The number of fused-ring (bicyclic) bond motifs is 1. The fraction of sp³-hybridized carbons (Fsp3) is 0.267. The monoisotopic (exact) mass is 266 g/mol. The van der Waals surface area contributed by atoms with E-state index in [2.05, 4.69) is 5.32 Å². The van der Waals surface area contributed by atoms with Gasteiger partial charge >= 0.3 is 0 Å². The van der Waals surface area contributed by atoms with E-state index < -0.39 is 5.41 Å². The molecule has 0 aromatic heterocycles. The number of amides is 1. The maximum atomic E-state index is 12.2. The van der Waals surface area contributed by atoms with Gasteiger partial charge in [0.1, 0.15) is 17.7 Å². The van der Waals surface area contributed by atoms with Crippen LogP contribution in [0.4, 0.5) is 11.4 Å². The second-order valence-corrected chi connectivity index (χ2v) is 5.15. The van der Waals surface area contributed by atoms with Gasteiger partial charge in [-0.25, -0.2) is 0 Å². The first-order valence-corrected chi connectivity index (χ1v) is 6.11. The molecule has 5 heteroatoms. The molecule has 2 rings (SSSR count). The number of allylic oxidation sites excluding steroid dienone is 1. The van der Waals surface area contributed by atoms with Gasteiger partial charge in [0.05, 0.1) is 5.41 Å². The van der Waals surface area contributed by atoms with Crippen LogP contribution in [0.2, 0.25) is 0 Å². The fourth-order valence-corrected chi connectivity index (χ4v) is 2.32. The highest BCUT2D eigenvalue weighted by atomic mass is 16.2. The van der Waals surface area contributed by atoms with Gasteiger partial charge in [-0.15, -0.1) is 0 Å². The van der Waals surface area contributed by atoms with Crippen molar-refractivity contribution in [2.75, 3.05) is 17.3 Å². The highest BCUT2D eigenvalue weighted by Crippen LogP contribution is 2.41. The minimum Gasteiger partial charge on any atom is -0.360 e.